The second-order valence-electron chi connectivity index (χ2n) is 9.48. The molecule has 0 N–H and O–H groups in total. The summed E-state index contributed by atoms with van der Waals surface area (Å²) < 4.78 is 14.5. The standard InChI is InChI=1S/C32H32FN/c1-24-17-18-30(32(26-10-4-2-5-11-26)27-12-6-3-7-13-27)23-34(24)21-9-16-29-22-28(19-20-31(29)33)25-14-8-15-25/h2-7,10-13,17-20,22-23,25,32H,1,8-9,14-16,21H2. The summed E-state index contributed by atoms with van der Waals surface area (Å²) in [5.74, 6) is 0.709. The summed E-state index contributed by atoms with van der Waals surface area (Å²) in [7, 11) is 0. The highest BCUT2D eigenvalue weighted by molar-refractivity contribution is 5.47. The van der Waals surface area contributed by atoms with Gasteiger partial charge in [0, 0.05) is 24.4 Å². The van der Waals surface area contributed by atoms with Crippen LogP contribution in [-0.4, -0.2) is 11.4 Å². The van der Waals surface area contributed by atoms with E-state index in [2.05, 4.69) is 96.6 Å². The van der Waals surface area contributed by atoms with E-state index in [9.17, 15) is 4.39 Å². The number of hydrogen-bond acceptors (Lipinski definition) is 1. The van der Waals surface area contributed by atoms with Crippen LogP contribution in [0.15, 0.2) is 115 Å². The molecule has 0 aromatic heterocycles. The molecule has 3 aromatic rings. The molecule has 0 saturated heterocycles. The van der Waals surface area contributed by atoms with E-state index < -0.39 is 0 Å². The van der Waals surface area contributed by atoms with Gasteiger partial charge >= 0.3 is 0 Å². The Hall–Kier alpha value is -3.39. The lowest BCUT2D eigenvalue weighted by molar-refractivity contribution is 0.418. The van der Waals surface area contributed by atoms with E-state index in [1.165, 1.54) is 41.5 Å². The Morgan fingerprint density at radius 3 is 2.18 bits per heavy atom. The molecule has 0 bridgehead atoms. The molecule has 34 heavy (non-hydrogen) atoms. The predicted octanol–water partition coefficient (Wildman–Crippen LogP) is 8.13. The van der Waals surface area contributed by atoms with Crippen molar-refractivity contribution in [1.29, 1.82) is 0 Å². The minimum absolute atomic E-state index is 0.0788. The van der Waals surface area contributed by atoms with Gasteiger partial charge in [-0.15, -0.1) is 0 Å². The Morgan fingerprint density at radius 1 is 0.882 bits per heavy atom. The van der Waals surface area contributed by atoms with Crippen molar-refractivity contribution in [3.8, 4) is 0 Å². The number of benzene rings is 3. The number of hydrogen-bond donors (Lipinski definition) is 0. The Morgan fingerprint density at radius 2 is 1.56 bits per heavy atom. The lowest BCUT2D eigenvalue weighted by Gasteiger charge is -2.29. The van der Waals surface area contributed by atoms with Crippen molar-refractivity contribution in [3.63, 3.8) is 0 Å². The fourth-order valence-electron chi connectivity index (χ4n) is 5.06. The molecule has 0 unspecified atom stereocenters. The summed E-state index contributed by atoms with van der Waals surface area (Å²) in [6.45, 7) is 5.07. The lowest BCUT2D eigenvalue weighted by Crippen LogP contribution is -2.21. The average Bonchev–Trinajstić information content (AvgIpc) is 2.83. The van der Waals surface area contributed by atoms with Gasteiger partial charge in [0.05, 0.1) is 0 Å². The molecular formula is C32H32FN. The molecular weight excluding hydrogens is 417 g/mol. The Balaban J connectivity index is 1.33. The number of aryl methyl sites for hydroxylation is 1. The maximum Gasteiger partial charge on any atom is 0.126 e. The second kappa shape index (κ2) is 10.3. The number of allylic oxidation sites excluding steroid dienone is 3. The third-order valence-electron chi connectivity index (χ3n) is 7.23. The van der Waals surface area contributed by atoms with E-state index in [1.807, 2.05) is 6.07 Å². The van der Waals surface area contributed by atoms with E-state index >= 15 is 0 Å². The van der Waals surface area contributed by atoms with E-state index in [0.29, 0.717) is 5.92 Å². The summed E-state index contributed by atoms with van der Waals surface area (Å²) in [4.78, 5) is 2.22. The lowest BCUT2D eigenvalue weighted by atomic mass is 9.79. The zero-order valence-electron chi connectivity index (χ0n) is 19.7. The van der Waals surface area contributed by atoms with Gasteiger partial charge in [-0.05, 0) is 71.6 Å². The van der Waals surface area contributed by atoms with Crippen LogP contribution in [-0.2, 0) is 6.42 Å². The van der Waals surface area contributed by atoms with Gasteiger partial charge in [0.15, 0.2) is 0 Å². The van der Waals surface area contributed by atoms with Crippen LogP contribution in [0.3, 0.4) is 0 Å². The minimum atomic E-state index is -0.0788. The molecule has 0 spiro atoms. The van der Waals surface area contributed by atoms with Crippen molar-refractivity contribution in [3.05, 3.63) is 143 Å². The van der Waals surface area contributed by atoms with E-state index in [-0.39, 0.29) is 11.7 Å². The van der Waals surface area contributed by atoms with Gasteiger partial charge in [-0.25, -0.2) is 4.39 Å². The molecule has 0 radical (unpaired) electrons. The van der Waals surface area contributed by atoms with Crippen molar-refractivity contribution < 1.29 is 4.39 Å². The van der Waals surface area contributed by atoms with E-state index in [4.69, 9.17) is 0 Å². The molecule has 1 fully saturated rings. The molecule has 172 valence electrons. The van der Waals surface area contributed by atoms with Gasteiger partial charge in [-0.2, -0.15) is 0 Å². The fourth-order valence-corrected chi connectivity index (χ4v) is 5.06. The monoisotopic (exact) mass is 449 g/mol. The molecule has 1 aliphatic carbocycles. The van der Waals surface area contributed by atoms with Crippen molar-refractivity contribution >= 4 is 0 Å². The number of halogens is 1. The zero-order valence-corrected chi connectivity index (χ0v) is 19.7. The highest BCUT2D eigenvalue weighted by Crippen LogP contribution is 2.37. The van der Waals surface area contributed by atoms with Crippen LogP contribution in [0.4, 0.5) is 4.39 Å². The van der Waals surface area contributed by atoms with Gasteiger partial charge in [0.2, 0.25) is 0 Å². The first kappa shape index (κ1) is 22.4. The third kappa shape index (κ3) is 4.92. The fraction of sp³-hybridized carbons (Fsp3) is 0.250. The molecule has 5 rings (SSSR count). The van der Waals surface area contributed by atoms with Crippen molar-refractivity contribution in [1.82, 2.24) is 4.90 Å². The quantitative estimate of drug-likeness (QED) is 0.335. The molecule has 1 saturated carbocycles. The molecule has 2 heteroatoms. The zero-order chi connectivity index (χ0) is 23.3. The first-order chi connectivity index (χ1) is 16.7. The van der Waals surface area contributed by atoms with Crippen LogP contribution in [0.1, 0.15) is 59.8 Å². The average molecular weight is 450 g/mol. The van der Waals surface area contributed by atoms with Gasteiger partial charge < -0.3 is 4.90 Å². The first-order valence-corrected chi connectivity index (χ1v) is 12.4. The number of rotatable bonds is 8. The summed E-state index contributed by atoms with van der Waals surface area (Å²) >= 11 is 0. The van der Waals surface area contributed by atoms with Crippen LogP contribution in [0.5, 0.6) is 0 Å². The summed E-state index contributed by atoms with van der Waals surface area (Å²) in [6.07, 6.45) is 11.9. The van der Waals surface area contributed by atoms with Gasteiger partial charge in [0.25, 0.3) is 0 Å². The molecule has 0 amide bonds. The maximum atomic E-state index is 14.5. The molecule has 1 heterocycles. The Labute approximate surface area is 202 Å². The highest BCUT2D eigenvalue weighted by Gasteiger charge is 2.22. The Bertz CT molecular complexity index is 1150. The maximum absolute atomic E-state index is 14.5. The van der Waals surface area contributed by atoms with Crippen LogP contribution >= 0.6 is 0 Å². The molecule has 3 aromatic carbocycles. The SMILES string of the molecule is C=C1C=CC(C(c2ccccc2)c2ccccc2)=CN1CCCc1cc(C2CCC2)ccc1F. The largest absolute Gasteiger partial charge is 0.348 e. The third-order valence-corrected chi connectivity index (χ3v) is 7.23. The molecule has 2 aliphatic rings. The van der Waals surface area contributed by atoms with Crippen LogP contribution < -0.4 is 0 Å². The normalized spacial score (nSPS) is 16.0. The summed E-state index contributed by atoms with van der Waals surface area (Å²) in [5, 5.41) is 0. The first-order valence-electron chi connectivity index (χ1n) is 12.4. The van der Waals surface area contributed by atoms with Crippen molar-refractivity contribution in [2.75, 3.05) is 6.54 Å². The predicted molar refractivity (Wildman–Crippen MR) is 139 cm³/mol. The van der Waals surface area contributed by atoms with Crippen molar-refractivity contribution in [2.24, 2.45) is 0 Å². The van der Waals surface area contributed by atoms with E-state index in [0.717, 1.165) is 30.6 Å². The summed E-state index contributed by atoms with van der Waals surface area (Å²) in [6, 6.07) is 27.0. The molecule has 1 aliphatic heterocycles. The highest BCUT2D eigenvalue weighted by atomic mass is 19.1. The molecule has 1 nitrogen and oxygen atoms in total. The van der Waals surface area contributed by atoms with Gasteiger partial charge in [0.1, 0.15) is 5.82 Å². The van der Waals surface area contributed by atoms with Crippen LogP contribution in [0, 0.1) is 5.82 Å². The smallest absolute Gasteiger partial charge is 0.126 e. The van der Waals surface area contributed by atoms with Crippen molar-refractivity contribution in [2.45, 2.75) is 43.9 Å². The minimum Gasteiger partial charge on any atom is -0.348 e. The van der Waals surface area contributed by atoms with Crippen LogP contribution in [0.2, 0.25) is 0 Å². The molecule has 0 atom stereocenters. The van der Waals surface area contributed by atoms with Gasteiger partial charge in [-0.1, -0.05) is 91.9 Å². The number of nitrogens with zero attached hydrogens (tertiary/aromatic N) is 1. The van der Waals surface area contributed by atoms with Crippen LogP contribution in [0.25, 0.3) is 0 Å². The summed E-state index contributed by atoms with van der Waals surface area (Å²) in [5.41, 5.74) is 6.91. The van der Waals surface area contributed by atoms with Gasteiger partial charge in [-0.3, -0.25) is 0 Å². The Kier molecular flexibility index (Phi) is 6.76. The second-order valence-corrected chi connectivity index (χ2v) is 9.48. The van der Waals surface area contributed by atoms with E-state index in [1.54, 1.807) is 6.07 Å². The topological polar surface area (TPSA) is 3.24 Å².